The molecule has 1 unspecified atom stereocenters. The van der Waals surface area contributed by atoms with Crippen molar-refractivity contribution < 1.29 is 4.74 Å². The highest BCUT2D eigenvalue weighted by Crippen LogP contribution is 2.33. The molecule has 0 saturated heterocycles. The summed E-state index contributed by atoms with van der Waals surface area (Å²) in [4.78, 5) is 1.26. The van der Waals surface area contributed by atoms with Crippen LogP contribution in [0.1, 0.15) is 24.9 Å². The van der Waals surface area contributed by atoms with Gasteiger partial charge in [0.05, 0.1) is 6.61 Å². The molecule has 0 aromatic heterocycles. The van der Waals surface area contributed by atoms with Gasteiger partial charge < -0.3 is 10.5 Å². The number of ether oxygens (including phenoxy) is 1. The van der Waals surface area contributed by atoms with Gasteiger partial charge in [0.25, 0.3) is 0 Å². The van der Waals surface area contributed by atoms with Gasteiger partial charge in [-0.1, -0.05) is 13.0 Å². The van der Waals surface area contributed by atoms with Crippen molar-refractivity contribution in [3.8, 4) is 5.75 Å². The van der Waals surface area contributed by atoms with Crippen molar-refractivity contribution in [1.82, 2.24) is 0 Å². The van der Waals surface area contributed by atoms with Crippen LogP contribution in [-0.4, -0.2) is 12.4 Å². The van der Waals surface area contributed by atoms with Gasteiger partial charge in [-0.05, 0) is 17.9 Å². The first-order chi connectivity index (χ1) is 6.81. The average Bonchev–Trinajstić information content (AvgIpc) is 2.18. The number of hydrogen-bond donors (Lipinski definition) is 1. The summed E-state index contributed by atoms with van der Waals surface area (Å²) in [6.07, 6.45) is 0.924. The van der Waals surface area contributed by atoms with E-state index in [1.807, 2.05) is 11.8 Å². The Hall–Kier alpha value is -0.670. The molecule has 1 aliphatic rings. The van der Waals surface area contributed by atoms with E-state index in [0.717, 1.165) is 30.1 Å². The zero-order valence-corrected chi connectivity index (χ0v) is 9.14. The van der Waals surface area contributed by atoms with E-state index < -0.39 is 0 Å². The molecule has 1 aromatic rings. The minimum atomic E-state index is 0.152. The highest BCUT2D eigenvalue weighted by atomic mass is 32.2. The van der Waals surface area contributed by atoms with Crippen LogP contribution in [0, 0.1) is 0 Å². The van der Waals surface area contributed by atoms with Gasteiger partial charge in [0, 0.05) is 22.9 Å². The summed E-state index contributed by atoms with van der Waals surface area (Å²) in [7, 11) is 0. The van der Waals surface area contributed by atoms with Gasteiger partial charge >= 0.3 is 0 Å². The Bertz CT molecular complexity index is 327. The lowest BCUT2D eigenvalue weighted by Gasteiger charge is -2.23. The number of hydrogen-bond acceptors (Lipinski definition) is 3. The first-order valence-corrected chi connectivity index (χ1v) is 5.95. The highest BCUT2D eigenvalue weighted by molar-refractivity contribution is 7.99. The van der Waals surface area contributed by atoms with Crippen molar-refractivity contribution >= 4 is 11.8 Å². The molecular weight excluding hydrogens is 194 g/mol. The first kappa shape index (κ1) is 9.87. The molecular formula is C11H15NOS. The second-order valence-corrected chi connectivity index (χ2v) is 4.71. The molecule has 0 saturated carbocycles. The molecule has 0 spiro atoms. The molecule has 0 radical (unpaired) electrons. The predicted molar refractivity (Wildman–Crippen MR) is 59.9 cm³/mol. The Labute approximate surface area is 88.8 Å². The van der Waals surface area contributed by atoms with Crippen LogP contribution in [0.2, 0.25) is 0 Å². The minimum absolute atomic E-state index is 0.152. The topological polar surface area (TPSA) is 35.2 Å². The minimum Gasteiger partial charge on any atom is -0.493 e. The van der Waals surface area contributed by atoms with E-state index in [-0.39, 0.29) is 6.04 Å². The van der Waals surface area contributed by atoms with Crippen molar-refractivity contribution in [2.75, 3.05) is 12.4 Å². The fraction of sp³-hybridized carbons (Fsp3) is 0.455. The molecule has 1 heterocycles. The molecule has 2 rings (SSSR count). The lowest BCUT2D eigenvalue weighted by Crippen LogP contribution is -2.20. The third kappa shape index (κ3) is 1.88. The monoisotopic (exact) mass is 209 g/mol. The summed E-state index contributed by atoms with van der Waals surface area (Å²) in [6.45, 7) is 2.89. The highest BCUT2D eigenvalue weighted by Gasteiger charge is 2.17. The smallest absolute Gasteiger partial charge is 0.125 e. The SMILES string of the molecule is CCSc1ccc2c(c1)OCCC2N. The maximum atomic E-state index is 5.98. The lowest BCUT2D eigenvalue weighted by molar-refractivity contribution is 0.268. The number of nitrogens with two attached hydrogens (primary N) is 1. The zero-order valence-electron chi connectivity index (χ0n) is 8.32. The summed E-state index contributed by atoms with van der Waals surface area (Å²) < 4.78 is 5.59. The molecule has 0 aliphatic carbocycles. The van der Waals surface area contributed by atoms with E-state index in [2.05, 4.69) is 25.1 Å². The Morgan fingerprint density at radius 3 is 3.21 bits per heavy atom. The standard InChI is InChI=1S/C11H15NOS/c1-2-14-8-3-4-9-10(12)5-6-13-11(9)7-8/h3-4,7,10H,2,5-6,12H2,1H3. The second-order valence-electron chi connectivity index (χ2n) is 3.38. The second kappa shape index (κ2) is 4.24. The van der Waals surface area contributed by atoms with Gasteiger partial charge in [-0.2, -0.15) is 0 Å². The Balaban J connectivity index is 2.29. The lowest BCUT2D eigenvalue weighted by atomic mass is 10.0. The Kier molecular flexibility index (Phi) is 2.99. The molecule has 3 heteroatoms. The third-order valence-corrected chi connectivity index (χ3v) is 3.26. The summed E-state index contributed by atoms with van der Waals surface area (Å²) >= 11 is 1.83. The molecule has 2 N–H and O–H groups in total. The summed E-state index contributed by atoms with van der Waals surface area (Å²) in [5.74, 6) is 2.06. The molecule has 0 bridgehead atoms. The van der Waals surface area contributed by atoms with Crippen LogP contribution < -0.4 is 10.5 Å². The average molecular weight is 209 g/mol. The molecule has 1 aromatic carbocycles. The van der Waals surface area contributed by atoms with E-state index in [1.54, 1.807) is 0 Å². The van der Waals surface area contributed by atoms with Crippen LogP contribution >= 0.6 is 11.8 Å². The summed E-state index contributed by atoms with van der Waals surface area (Å²) in [6, 6.07) is 6.47. The van der Waals surface area contributed by atoms with E-state index >= 15 is 0 Å². The molecule has 0 fully saturated rings. The van der Waals surface area contributed by atoms with Crippen molar-refractivity contribution in [2.24, 2.45) is 5.73 Å². The molecule has 14 heavy (non-hydrogen) atoms. The van der Waals surface area contributed by atoms with E-state index in [4.69, 9.17) is 10.5 Å². The Morgan fingerprint density at radius 2 is 2.43 bits per heavy atom. The zero-order chi connectivity index (χ0) is 9.97. The fourth-order valence-corrected chi connectivity index (χ4v) is 2.34. The quantitative estimate of drug-likeness (QED) is 0.760. The maximum absolute atomic E-state index is 5.98. The molecule has 1 atom stereocenters. The van der Waals surface area contributed by atoms with Gasteiger partial charge in [-0.3, -0.25) is 0 Å². The van der Waals surface area contributed by atoms with Crippen LogP contribution in [0.15, 0.2) is 23.1 Å². The first-order valence-electron chi connectivity index (χ1n) is 4.96. The largest absolute Gasteiger partial charge is 0.493 e. The number of benzene rings is 1. The Morgan fingerprint density at radius 1 is 1.57 bits per heavy atom. The van der Waals surface area contributed by atoms with E-state index in [1.165, 1.54) is 4.90 Å². The van der Waals surface area contributed by atoms with Crippen LogP contribution in [0.25, 0.3) is 0 Å². The van der Waals surface area contributed by atoms with Crippen molar-refractivity contribution in [2.45, 2.75) is 24.3 Å². The predicted octanol–water partition coefficient (Wildman–Crippen LogP) is 2.58. The molecule has 76 valence electrons. The van der Waals surface area contributed by atoms with Crippen LogP contribution in [-0.2, 0) is 0 Å². The van der Waals surface area contributed by atoms with Crippen LogP contribution in [0.3, 0.4) is 0 Å². The van der Waals surface area contributed by atoms with E-state index in [0.29, 0.717) is 0 Å². The van der Waals surface area contributed by atoms with Gasteiger partial charge in [0.2, 0.25) is 0 Å². The van der Waals surface area contributed by atoms with Crippen LogP contribution in [0.5, 0.6) is 5.75 Å². The van der Waals surface area contributed by atoms with Crippen molar-refractivity contribution in [3.05, 3.63) is 23.8 Å². The van der Waals surface area contributed by atoms with Crippen molar-refractivity contribution in [3.63, 3.8) is 0 Å². The summed E-state index contributed by atoms with van der Waals surface area (Å²) in [5.41, 5.74) is 7.13. The van der Waals surface area contributed by atoms with Gasteiger partial charge in [0.15, 0.2) is 0 Å². The van der Waals surface area contributed by atoms with Gasteiger partial charge in [-0.15, -0.1) is 11.8 Å². The van der Waals surface area contributed by atoms with Gasteiger partial charge in [0.1, 0.15) is 5.75 Å². The number of thioether (sulfide) groups is 1. The summed E-state index contributed by atoms with van der Waals surface area (Å²) in [5, 5.41) is 0. The maximum Gasteiger partial charge on any atom is 0.125 e. The normalized spacial score (nSPS) is 20.0. The van der Waals surface area contributed by atoms with Crippen LogP contribution in [0.4, 0.5) is 0 Å². The molecule has 1 aliphatic heterocycles. The van der Waals surface area contributed by atoms with Gasteiger partial charge in [-0.25, -0.2) is 0 Å². The molecule has 2 nitrogen and oxygen atoms in total. The van der Waals surface area contributed by atoms with Crippen molar-refractivity contribution in [1.29, 1.82) is 0 Å². The van der Waals surface area contributed by atoms with E-state index in [9.17, 15) is 0 Å². The molecule has 0 amide bonds. The fourth-order valence-electron chi connectivity index (χ4n) is 1.65. The number of fused-ring (bicyclic) bond motifs is 1. The number of rotatable bonds is 2. The third-order valence-electron chi connectivity index (χ3n) is 2.38.